The van der Waals surface area contributed by atoms with Crippen LogP contribution in [0, 0.1) is 5.92 Å². The van der Waals surface area contributed by atoms with Gasteiger partial charge in [0.05, 0.1) is 18.2 Å². The molecule has 1 saturated heterocycles. The number of rotatable bonds is 9. The molecular weight excluding hydrogens is 641 g/mol. The third-order valence-electron chi connectivity index (χ3n) is 9.04. The SMILES string of the molecule is CC(C)(C)OC(=O)N1C(=O)C(OCC(=O)c2ccccc2)C(Cc2cn(C(=O)OC(C)(C)C)c3ccccc23)C1CO[Si](C)(C)C(C)(C)C. The maximum atomic E-state index is 14.3. The van der Waals surface area contributed by atoms with E-state index in [1.165, 1.54) is 4.57 Å². The van der Waals surface area contributed by atoms with Crippen LogP contribution < -0.4 is 0 Å². The van der Waals surface area contributed by atoms with E-state index in [1.807, 2.05) is 30.3 Å². The number of likely N-dealkylation sites (tertiary alicyclic amines) is 1. The summed E-state index contributed by atoms with van der Waals surface area (Å²) in [5, 5.41) is 0.653. The summed E-state index contributed by atoms with van der Waals surface area (Å²) < 4.78 is 25.8. The highest BCUT2D eigenvalue weighted by Gasteiger charge is 2.54. The van der Waals surface area contributed by atoms with Crippen LogP contribution in [0.2, 0.25) is 18.1 Å². The number of aromatic nitrogens is 1. The minimum atomic E-state index is -2.36. The van der Waals surface area contributed by atoms with Crippen LogP contribution in [-0.4, -0.2) is 78.2 Å². The lowest BCUT2D eigenvalue weighted by atomic mass is 9.90. The largest absolute Gasteiger partial charge is 0.443 e. The Bertz CT molecular complexity index is 1680. The summed E-state index contributed by atoms with van der Waals surface area (Å²) in [5.74, 6) is -1.54. The fourth-order valence-electron chi connectivity index (χ4n) is 5.56. The Kier molecular flexibility index (Phi) is 11.0. The number of carbonyl (C=O) groups is 4. The molecule has 3 atom stereocenters. The molecule has 2 heterocycles. The zero-order chi connectivity index (χ0) is 36.5. The molecule has 0 aliphatic carbocycles. The molecule has 3 unspecified atom stereocenters. The monoisotopic (exact) mass is 692 g/mol. The first-order valence-electron chi connectivity index (χ1n) is 16.8. The van der Waals surface area contributed by atoms with Crippen molar-refractivity contribution in [1.82, 2.24) is 9.47 Å². The van der Waals surface area contributed by atoms with Crippen molar-refractivity contribution >= 4 is 43.1 Å². The van der Waals surface area contributed by atoms with Gasteiger partial charge in [0, 0.05) is 23.1 Å². The Morgan fingerprint density at radius 1 is 0.796 bits per heavy atom. The van der Waals surface area contributed by atoms with Crippen molar-refractivity contribution in [2.75, 3.05) is 13.2 Å². The first kappa shape index (κ1) is 38.0. The van der Waals surface area contributed by atoms with Crippen molar-refractivity contribution in [3.63, 3.8) is 0 Å². The topological polar surface area (TPSA) is 113 Å². The average Bonchev–Trinajstić information content (AvgIpc) is 3.47. The van der Waals surface area contributed by atoms with Gasteiger partial charge in [-0.1, -0.05) is 69.3 Å². The van der Waals surface area contributed by atoms with Crippen LogP contribution in [0.15, 0.2) is 60.8 Å². The van der Waals surface area contributed by atoms with Crippen molar-refractivity contribution in [3.05, 3.63) is 71.9 Å². The Hall–Kier alpha value is -3.80. The Balaban J connectivity index is 1.80. The lowest BCUT2D eigenvalue weighted by Gasteiger charge is -2.38. The van der Waals surface area contributed by atoms with Gasteiger partial charge in [0.2, 0.25) is 0 Å². The second-order valence-corrected chi connectivity index (χ2v) is 21.0. The number of nitrogens with zero attached hydrogens (tertiary/aromatic N) is 2. The maximum Gasteiger partial charge on any atom is 0.419 e. The summed E-state index contributed by atoms with van der Waals surface area (Å²) >= 11 is 0. The fourth-order valence-corrected chi connectivity index (χ4v) is 6.58. The van der Waals surface area contributed by atoms with Gasteiger partial charge in [-0.25, -0.2) is 14.5 Å². The Labute approximate surface area is 291 Å². The van der Waals surface area contributed by atoms with E-state index in [-0.39, 0.29) is 30.5 Å². The molecule has 1 aliphatic rings. The van der Waals surface area contributed by atoms with Crippen molar-refractivity contribution in [2.24, 2.45) is 5.92 Å². The summed E-state index contributed by atoms with van der Waals surface area (Å²) in [6, 6.07) is 15.4. The molecule has 0 saturated carbocycles. The molecule has 1 aromatic heterocycles. The molecule has 0 spiro atoms. The van der Waals surface area contributed by atoms with Gasteiger partial charge < -0.3 is 18.6 Å². The minimum Gasteiger partial charge on any atom is -0.443 e. The van der Waals surface area contributed by atoms with Gasteiger partial charge in [-0.2, -0.15) is 0 Å². The number of imide groups is 1. The van der Waals surface area contributed by atoms with Gasteiger partial charge in [-0.3, -0.25) is 14.2 Å². The molecule has 2 aromatic carbocycles. The average molecular weight is 693 g/mol. The van der Waals surface area contributed by atoms with E-state index in [0.29, 0.717) is 11.1 Å². The number of carbonyl (C=O) groups excluding carboxylic acids is 4. The van der Waals surface area contributed by atoms with Crippen LogP contribution in [0.1, 0.15) is 78.2 Å². The van der Waals surface area contributed by atoms with Crippen molar-refractivity contribution in [2.45, 2.75) is 110 Å². The molecule has 10 nitrogen and oxygen atoms in total. The van der Waals surface area contributed by atoms with Gasteiger partial charge in [0.25, 0.3) is 5.91 Å². The van der Waals surface area contributed by atoms with Gasteiger partial charge in [0.1, 0.15) is 23.9 Å². The van der Waals surface area contributed by atoms with Crippen molar-refractivity contribution in [3.8, 4) is 0 Å². The molecule has 2 amide bonds. The molecule has 1 aliphatic heterocycles. The highest BCUT2D eigenvalue weighted by Crippen LogP contribution is 2.40. The van der Waals surface area contributed by atoms with Crippen LogP contribution in [0.5, 0.6) is 0 Å². The van der Waals surface area contributed by atoms with E-state index < -0.39 is 55.7 Å². The number of ketones is 1. The standard InChI is InChI=1S/C38H52N2O8Si/c1-36(2,3)47-34(43)39-22-26(27-19-15-16-20-29(27)39)21-28-30(23-46-49(10,11)38(7,8)9)40(35(44)48-37(4,5)6)33(42)32(28)45-24-31(41)25-17-13-12-14-18-25/h12-20,22,28,30,32H,21,23-24H2,1-11H3. The van der Waals surface area contributed by atoms with Crippen molar-refractivity contribution in [1.29, 1.82) is 0 Å². The maximum absolute atomic E-state index is 14.3. The summed E-state index contributed by atoms with van der Waals surface area (Å²) in [6.07, 6.45) is -0.555. The van der Waals surface area contributed by atoms with Crippen LogP contribution in [0.25, 0.3) is 10.9 Å². The molecule has 0 bridgehead atoms. The molecule has 266 valence electrons. The second kappa shape index (κ2) is 14.2. The number of Topliss-reactive ketones (excluding diaryl/α,β-unsaturated/α-hetero) is 1. The predicted octanol–water partition coefficient (Wildman–Crippen LogP) is 8.02. The molecule has 11 heteroatoms. The summed E-state index contributed by atoms with van der Waals surface area (Å²) in [5.41, 5.74) is 0.259. The number of hydrogen-bond acceptors (Lipinski definition) is 8. The first-order valence-corrected chi connectivity index (χ1v) is 19.7. The molecule has 3 aromatic rings. The van der Waals surface area contributed by atoms with Crippen LogP contribution in [-0.2, 0) is 29.9 Å². The number of benzene rings is 2. The molecular formula is C38H52N2O8Si. The highest BCUT2D eigenvalue weighted by molar-refractivity contribution is 6.74. The van der Waals surface area contributed by atoms with Crippen molar-refractivity contribution < 1.29 is 37.8 Å². The number of hydrogen-bond donors (Lipinski definition) is 0. The lowest BCUT2D eigenvalue weighted by molar-refractivity contribution is -0.137. The Morgan fingerprint density at radius 3 is 1.96 bits per heavy atom. The van der Waals surface area contributed by atoms with E-state index in [4.69, 9.17) is 18.6 Å². The molecule has 4 rings (SSSR count). The summed E-state index contributed by atoms with van der Waals surface area (Å²) in [6.45, 7) is 20.9. The van der Waals surface area contributed by atoms with Crippen LogP contribution in [0.3, 0.4) is 0 Å². The van der Waals surface area contributed by atoms with Gasteiger partial charge in [-0.05, 0) is 77.7 Å². The van der Waals surface area contributed by atoms with E-state index in [1.54, 1.807) is 72.0 Å². The molecule has 0 N–H and O–H groups in total. The summed E-state index contributed by atoms with van der Waals surface area (Å²) in [4.78, 5) is 55.7. The van der Waals surface area contributed by atoms with Crippen LogP contribution in [0.4, 0.5) is 9.59 Å². The third kappa shape index (κ3) is 9.06. The van der Waals surface area contributed by atoms with E-state index in [2.05, 4.69) is 33.9 Å². The molecule has 0 radical (unpaired) electrons. The molecule has 1 fully saturated rings. The predicted molar refractivity (Wildman–Crippen MR) is 191 cm³/mol. The lowest BCUT2D eigenvalue weighted by Crippen LogP contribution is -2.49. The normalized spacial score (nSPS) is 19.0. The minimum absolute atomic E-state index is 0.0589. The smallest absolute Gasteiger partial charge is 0.419 e. The quantitative estimate of drug-likeness (QED) is 0.164. The Morgan fingerprint density at radius 2 is 1.37 bits per heavy atom. The zero-order valence-corrected chi connectivity index (χ0v) is 31.8. The molecule has 49 heavy (non-hydrogen) atoms. The van der Waals surface area contributed by atoms with Gasteiger partial charge >= 0.3 is 12.2 Å². The summed E-state index contributed by atoms with van der Waals surface area (Å²) in [7, 11) is -2.36. The number of amides is 2. The van der Waals surface area contributed by atoms with Crippen LogP contribution >= 0.6 is 0 Å². The highest BCUT2D eigenvalue weighted by atomic mass is 28.4. The first-order chi connectivity index (χ1) is 22.6. The van der Waals surface area contributed by atoms with Gasteiger partial charge in [0.15, 0.2) is 14.1 Å². The van der Waals surface area contributed by atoms with E-state index in [0.717, 1.165) is 15.8 Å². The second-order valence-electron chi connectivity index (χ2n) is 16.2. The fraction of sp³-hybridized carbons (Fsp3) is 0.526. The number of ether oxygens (including phenoxy) is 3. The third-order valence-corrected chi connectivity index (χ3v) is 13.5. The van der Waals surface area contributed by atoms with E-state index in [9.17, 15) is 19.2 Å². The number of para-hydroxylation sites is 1. The van der Waals surface area contributed by atoms with E-state index >= 15 is 0 Å². The number of fused-ring (bicyclic) bond motifs is 1. The zero-order valence-electron chi connectivity index (χ0n) is 30.8. The van der Waals surface area contributed by atoms with Gasteiger partial charge in [-0.15, -0.1) is 0 Å².